The minimum absolute atomic E-state index is 0.111. The maximum Gasteiger partial charge on any atom is 0.408 e. The average molecular weight is 1160 g/mol. The molecule has 4 aromatic carbocycles. The molecule has 0 heterocycles. The van der Waals surface area contributed by atoms with Crippen LogP contribution in [-0.2, 0) is 56.0 Å². The molecular weight excluding hydrogens is 1080 g/mol. The number of ether oxygens (including phenoxy) is 3. The molecule has 448 valence electrons. The quantitative estimate of drug-likeness (QED) is 0.00999. The van der Waals surface area contributed by atoms with E-state index in [0.29, 0.717) is 67.6 Å². The number of esters is 1. The SMILES string of the molecule is COC(=O)[C@H](CCCCNC(=O)[C@H](CCCCNC(=O)[C@H](Cc1ccccc1)NC(=O)[C@H](CCCCNC(=O)OCc1ccccc1)NC(=O)OC(C)(C)C)NC(=O)C1=CC=CC1)NC(=O)c1cccc(N=Nc2ccc(NC(C)=O)cc2)c1. The Balaban J connectivity index is 1.12. The summed E-state index contributed by atoms with van der Waals surface area (Å²) in [5.74, 6) is -3.27. The van der Waals surface area contributed by atoms with Gasteiger partial charge in [-0.1, -0.05) is 85.0 Å². The molecule has 0 aliphatic heterocycles. The Labute approximate surface area is 490 Å². The van der Waals surface area contributed by atoms with Crippen LogP contribution >= 0.6 is 0 Å². The lowest BCUT2D eigenvalue weighted by Crippen LogP contribution is -2.55. The van der Waals surface area contributed by atoms with Crippen LogP contribution in [-0.4, -0.2) is 110 Å². The highest BCUT2D eigenvalue weighted by Gasteiger charge is 2.29. The van der Waals surface area contributed by atoms with E-state index in [2.05, 4.69) is 52.8 Å². The number of azo groups is 1. The number of benzene rings is 4. The highest BCUT2D eigenvalue weighted by molar-refractivity contribution is 5.98. The number of allylic oxidation sites excluding steroid dienone is 3. The molecule has 1 aliphatic carbocycles. The summed E-state index contributed by atoms with van der Waals surface area (Å²) in [6, 6.07) is 27.5. The molecule has 5 rings (SSSR count). The summed E-state index contributed by atoms with van der Waals surface area (Å²) in [5, 5.41) is 30.7. The van der Waals surface area contributed by atoms with Crippen molar-refractivity contribution in [2.24, 2.45) is 10.2 Å². The zero-order chi connectivity index (χ0) is 60.7. The number of rotatable bonds is 32. The molecule has 0 spiro atoms. The van der Waals surface area contributed by atoms with Crippen molar-refractivity contribution in [2.45, 2.75) is 135 Å². The molecule has 4 atom stereocenters. The molecule has 4 aromatic rings. The second-order valence-corrected chi connectivity index (χ2v) is 20.9. The van der Waals surface area contributed by atoms with Crippen molar-refractivity contribution in [3.63, 3.8) is 0 Å². The molecule has 8 N–H and O–H groups in total. The van der Waals surface area contributed by atoms with Crippen molar-refractivity contribution in [3.8, 4) is 0 Å². The smallest absolute Gasteiger partial charge is 0.408 e. The first kappa shape index (κ1) is 65.6. The third-order valence-electron chi connectivity index (χ3n) is 12.8. The number of hydrogen-bond donors (Lipinski definition) is 8. The van der Waals surface area contributed by atoms with Crippen LogP contribution in [0.1, 0.15) is 113 Å². The van der Waals surface area contributed by atoms with Gasteiger partial charge in [-0.05, 0) is 139 Å². The predicted molar refractivity (Wildman–Crippen MR) is 316 cm³/mol. The first-order chi connectivity index (χ1) is 40.3. The molecule has 22 nitrogen and oxygen atoms in total. The minimum atomic E-state index is -1.09. The van der Waals surface area contributed by atoms with E-state index in [9.17, 15) is 43.2 Å². The van der Waals surface area contributed by atoms with Crippen molar-refractivity contribution in [3.05, 3.63) is 150 Å². The number of anilines is 1. The largest absolute Gasteiger partial charge is 0.467 e. The van der Waals surface area contributed by atoms with Crippen molar-refractivity contribution in [1.82, 2.24) is 37.2 Å². The topological polar surface area (TPSA) is 302 Å². The molecule has 8 amide bonds. The fourth-order valence-electron chi connectivity index (χ4n) is 8.51. The lowest BCUT2D eigenvalue weighted by Gasteiger charge is -2.25. The van der Waals surface area contributed by atoms with Crippen molar-refractivity contribution < 1.29 is 57.4 Å². The van der Waals surface area contributed by atoms with Gasteiger partial charge in [-0.2, -0.15) is 10.2 Å². The Morgan fingerprint density at radius 1 is 0.560 bits per heavy atom. The van der Waals surface area contributed by atoms with E-state index in [1.54, 1.807) is 75.4 Å². The van der Waals surface area contributed by atoms with Gasteiger partial charge < -0.3 is 56.7 Å². The molecule has 22 heteroatoms. The lowest BCUT2D eigenvalue weighted by molar-refractivity contribution is -0.143. The van der Waals surface area contributed by atoms with Gasteiger partial charge in [0, 0.05) is 49.8 Å². The van der Waals surface area contributed by atoms with Gasteiger partial charge in [-0.15, -0.1) is 0 Å². The maximum absolute atomic E-state index is 14.0. The number of nitrogens with zero attached hydrogens (tertiary/aromatic N) is 2. The summed E-state index contributed by atoms with van der Waals surface area (Å²) in [6.07, 6.45) is 7.53. The minimum Gasteiger partial charge on any atom is -0.467 e. The highest BCUT2D eigenvalue weighted by atomic mass is 16.6. The van der Waals surface area contributed by atoms with Crippen molar-refractivity contribution >= 4 is 70.7 Å². The van der Waals surface area contributed by atoms with Gasteiger partial charge >= 0.3 is 18.2 Å². The Morgan fingerprint density at radius 2 is 1.13 bits per heavy atom. The van der Waals surface area contributed by atoms with Gasteiger partial charge in [0.25, 0.3) is 5.91 Å². The van der Waals surface area contributed by atoms with E-state index in [0.717, 1.165) is 11.1 Å². The van der Waals surface area contributed by atoms with Crippen molar-refractivity contribution in [1.29, 1.82) is 0 Å². The van der Waals surface area contributed by atoms with Crippen LogP contribution in [0.2, 0.25) is 0 Å². The van der Waals surface area contributed by atoms with E-state index < -0.39 is 71.6 Å². The molecule has 0 aromatic heterocycles. The van der Waals surface area contributed by atoms with Crippen LogP contribution in [0.25, 0.3) is 0 Å². The van der Waals surface area contributed by atoms with Crippen LogP contribution in [0, 0.1) is 0 Å². The first-order valence-electron chi connectivity index (χ1n) is 28.1. The summed E-state index contributed by atoms with van der Waals surface area (Å²) >= 11 is 0. The lowest BCUT2D eigenvalue weighted by atomic mass is 10.0. The van der Waals surface area contributed by atoms with Gasteiger partial charge in [-0.3, -0.25) is 28.8 Å². The summed E-state index contributed by atoms with van der Waals surface area (Å²) in [6.45, 7) is 7.23. The van der Waals surface area contributed by atoms with Crippen LogP contribution in [0.4, 0.5) is 26.7 Å². The van der Waals surface area contributed by atoms with E-state index in [-0.39, 0.29) is 69.3 Å². The number of hydrogen-bond acceptors (Lipinski definition) is 14. The zero-order valence-electron chi connectivity index (χ0n) is 48.3. The fraction of sp³-hybridized carbons (Fsp3) is 0.403. The molecule has 0 fully saturated rings. The summed E-state index contributed by atoms with van der Waals surface area (Å²) in [5.41, 5.74) is 3.02. The molecule has 0 saturated heterocycles. The molecule has 0 bridgehead atoms. The second kappa shape index (κ2) is 34.9. The normalized spacial score (nSPS) is 13.2. The van der Waals surface area contributed by atoms with Crippen molar-refractivity contribution in [2.75, 3.05) is 32.1 Å². The molecule has 0 radical (unpaired) electrons. The molecular formula is C62H78N10O12. The number of unbranched alkanes of at least 4 members (excludes halogenated alkanes) is 3. The zero-order valence-corrected chi connectivity index (χ0v) is 48.3. The maximum atomic E-state index is 14.0. The molecule has 0 unspecified atom stereocenters. The van der Waals surface area contributed by atoms with Crippen LogP contribution < -0.4 is 42.5 Å². The highest BCUT2D eigenvalue weighted by Crippen LogP contribution is 2.22. The number of alkyl carbamates (subject to hydrolysis) is 2. The predicted octanol–water partition coefficient (Wildman–Crippen LogP) is 7.99. The van der Waals surface area contributed by atoms with Crippen LogP contribution in [0.5, 0.6) is 0 Å². The Morgan fingerprint density at radius 3 is 1.73 bits per heavy atom. The summed E-state index contributed by atoms with van der Waals surface area (Å²) < 4.78 is 15.7. The van der Waals surface area contributed by atoms with Gasteiger partial charge in [-0.25, -0.2) is 14.4 Å². The van der Waals surface area contributed by atoms with Crippen LogP contribution in [0.15, 0.2) is 143 Å². The summed E-state index contributed by atoms with van der Waals surface area (Å²) in [7, 11) is 1.22. The van der Waals surface area contributed by atoms with E-state index in [1.165, 1.54) is 20.1 Å². The number of amides is 8. The molecule has 1 aliphatic rings. The fourth-order valence-corrected chi connectivity index (χ4v) is 8.51. The monoisotopic (exact) mass is 1150 g/mol. The van der Waals surface area contributed by atoms with Gasteiger partial charge in [0.2, 0.25) is 29.5 Å². The Bertz CT molecular complexity index is 2930. The van der Waals surface area contributed by atoms with Gasteiger partial charge in [0.1, 0.15) is 36.4 Å². The molecule has 84 heavy (non-hydrogen) atoms. The number of carbonyl (C=O) groups excluding carboxylic acids is 9. The average Bonchev–Trinajstić information content (AvgIpc) is 4.07. The van der Waals surface area contributed by atoms with Gasteiger partial charge in [0.15, 0.2) is 0 Å². The van der Waals surface area contributed by atoms with Gasteiger partial charge in [0.05, 0.1) is 18.5 Å². The summed E-state index contributed by atoms with van der Waals surface area (Å²) in [4.78, 5) is 118. The third kappa shape index (κ3) is 24.9. The van der Waals surface area contributed by atoms with E-state index in [1.807, 2.05) is 66.7 Å². The Hall–Kier alpha value is -9.21. The Kier molecular flexibility index (Phi) is 27.3. The van der Waals surface area contributed by atoms with Crippen LogP contribution in [0.3, 0.4) is 0 Å². The standard InChI is InChI=1S/C62H78N10O12/c1-42(73)66-47-32-34-48(35-33-47)71-72-49-28-20-27-46(40-49)55(75)68-52(59(79)82-5)31-16-18-36-63-56(76)50(67-54(74)45-25-12-13-26-45)29-14-17-37-64-57(77)53(39-43-21-8-6-9-22-43)69-58(78)51(70-61(81)84-62(2,3)4)30-15-19-38-65-60(80)83-41-44-23-10-7-11-24-44/h6-13,20-25,27-28,32-35,40,50-53H,14-19,26,29-31,36-39,41H2,1-5H3,(H,63,76)(H,64,77)(H,65,80)(H,66,73)(H,67,74)(H,68,75)(H,69,78)(H,70,81)/t50-,51-,52-,53-/m0/s1. The number of nitrogens with one attached hydrogen (secondary N) is 8. The molecule has 0 saturated carbocycles. The van der Waals surface area contributed by atoms with E-state index >= 15 is 0 Å². The first-order valence-corrected chi connectivity index (χ1v) is 28.1. The number of carbonyl (C=O) groups is 9. The number of methoxy groups -OCH3 is 1. The third-order valence-corrected chi connectivity index (χ3v) is 12.8. The second-order valence-electron chi connectivity index (χ2n) is 20.9. The van der Waals surface area contributed by atoms with E-state index in [4.69, 9.17) is 14.2 Å².